The van der Waals surface area contributed by atoms with Crippen LogP contribution >= 0.6 is 0 Å². The Morgan fingerprint density at radius 3 is 2.52 bits per heavy atom. The molecule has 1 aromatic heterocycles. The number of hydrogen-bond acceptors (Lipinski definition) is 6. The van der Waals surface area contributed by atoms with E-state index in [1.165, 1.54) is 0 Å². The van der Waals surface area contributed by atoms with Gasteiger partial charge in [-0.05, 0) is 37.7 Å². The molecule has 0 radical (unpaired) electrons. The number of aromatic amines is 1. The Balaban J connectivity index is 0.000000512. The predicted molar refractivity (Wildman–Crippen MR) is 106 cm³/mol. The summed E-state index contributed by atoms with van der Waals surface area (Å²) in [4.78, 5) is 39.2. The Labute approximate surface area is 174 Å². The molecule has 0 aliphatic rings. The molecule has 8 nitrogen and oxygen atoms in total. The highest BCUT2D eigenvalue weighted by Crippen LogP contribution is 2.34. The zero-order valence-electron chi connectivity index (χ0n) is 16.5. The van der Waals surface area contributed by atoms with Crippen LogP contribution in [0.15, 0.2) is 34.1 Å². The van der Waals surface area contributed by atoms with Crippen molar-refractivity contribution >= 4 is 24.4 Å². The van der Waals surface area contributed by atoms with Crippen LogP contribution in [-0.4, -0.2) is 43.8 Å². The molecule has 0 bridgehead atoms. The molecule has 0 atom stereocenters. The van der Waals surface area contributed by atoms with Gasteiger partial charge in [-0.3, -0.25) is 14.4 Å². The number of aliphatic imine (C=N–C) groups is 1. The van der Waals surface area contributed by atoms with Crippen molar-refractivity contribution in [1.29, 1.82) is 0 Å². The second kappa shape index (κ2) is 11.6. The summed E-state index contributed by atoms with van der Waals surface area (Å²) in [6.07, 6.45) is -3.83. The van der Waals surface area contributed by atoms with Gasteiger partial charge >= 0.3 is 12.1 Å². The first-order valence-corrected chi connectivity index (χ1v) is 8.73. The molecule has 12 heteroatoms. The summed E-state index contributed by atoms with van der Waals surface area (Å²) < 4.78 is 56.1. The third-order valence-corrected chi connectivity index (χ3v) is 3.58. The van der Waals surface area contributed by atoms with Crippen molar-refractivity contribution in [2.45, 2.75) is 13.1 Å². The summed E-state index contributed by atoms with van der Waals surface area (Å²) in [5.41, 5.74) is 2.38. The number of nitrogens with one attached hydrogen (secondary N) is 2. The zero-order valence-corrected chi connectivity index (χ0v) is 16.5. The molecule has 2 rings (SSSR count). The topological polar surface area (TPSA) is 127 Å². The van der Waals surface area contributed by atoms with Crippen molar-refractivity contribution in [3.05, 3.63) is 51.4 Å². The lowest BCUT2D eigenvalue weighted by molar-refractivity contribution is -0.142. The number of aldehydes is 1. The number of nitrogens with two attached hydrogens (primary N) is 1. The van der Waals surface area contributed by atoms with E-state index in [1.54, 1.807) is 14.0 Å². The van der Waals surface area contributed by atoms with E-state index in [4.69, 9.17) is 5.73 Å². The van der Waals surface area contributed by atoms with Gasteiger partial charge in [0.25, 0.3) is 0 Å². The first-order valence-electron chi connectivity index (χ1n) is 8.73. The monoisotopic (exact) mass is 444 g/mol. The lowest BCUT2D eigenvalue weighted by Gasteiger charge is -2.11. The Kier molecular flexibility index (Phi) is 9.54. The molecule has 0 aliphatic carbocycles. The van der Waals surface area contributed by atoms with Gasteiger partial charge in [0, 0.05) is 6.07 Å². The number of H-pyrrole nitrogens is 1. The Morgan fingerprint density at radius 1 is 1.32 bits per heavy atom. The van der Waals surface area contributed by atoms with Gasteiger partial charge in [0.05, 0.1) is 30.7 Å². The van der Waals surface area contributed by atoms with E-state index in [0.717, 1.165) is 18.5 Å². The molecule has 31 heavy (non-hydrogen) atoms. The minimum absolute atomic E-state index is 0.0632. The van der Waals surface area contributed by atoms with E-state index in [-0.39, 0.29) is 34.9 Å². The normalized spacial score (nSPS) is 11.0. The molecule has 0 fully saturated rings. The van der Waals surface area contributed by atoms with Crippen molar-refractivity contribution < 1.29 is 31.9 Å². The lowest BCUT2D eigenvalue weighted by Crippen LogP contribution is -2.20. The number of alkyl halides is 3. The number of pyridine rings is 1. The summed E-state index contributed by atoms with van der Waals surface area (Å²) in [5.74, 6) is -1.84. The third kappa shape index (κ3) is 7.33. The highest BCUT2D eigenvalue weighted by atomic mass is 19.4. The molecular formula is C19H20F4N4O4. The molecule has 0 aliphatic heterocycles. The number of ether oxygens (including phenoxy) is 1. The van der Waals surface area contributed by atoms with Crippen molar-refractivity contribution in [2.75, 3.05) is 20.2 Å². The van der Waals surface area contributed by atoms with E-state index >= 15 is 0 Å². The van der Waals surface area contributed by atoms with Gasteiger partial charge in [0.1, 0.15) is 17.2 Å². The number of carbonyl (C=O) groups excluding carboxylic acids is 2. The summed E-state index contributed by atoms with van der Waals surface area (Å²) in [6.45, 7) is 2.54. The quantitative estimate of drug-likeness (QED) is 0.207. The van der Waals surface area contributed by atoms with Crippen LogP contribution in [0.1, 0.15) is 22.8 Å². The van der Waals surface area contributed by atoms with Crippen LogP contribution in [0.4, 0.5) is 23.4 Å². The van der Waals surface area contributed by atoms with E-state index < -0.39 is 23.0 Å². The van der Waals surface area contributed by atoms with Crippen molar-refractivity contribution in [2.24, 2.45) is 10.7 Å². The number of carbonyl (C=O) groups is 2. The number of likely N-dealkylation sites (N-methyl/N-ethyl adjacent to an activating group) is 1. The molecule has 0 amide bonds. The van der Waals surface area contributed by atoms with E-state index in [0.29, 0.717) is 25.3 Å². The maximum atomic E-state index is 13.3. The minimum atomic E-state index is -4.89. The average Bonchev–Trinajstić information content (AvgIpc) is 2.68. The number of benzene rings is 1. The van der Waals surface area contributed by atoms with Crippen LogP contribution < -0.4 is 16.5 Å². The number of nitrogens with zero attached hydrogens (tertiary/aromatic N) is 1. The molecule has 4 N–H and O–H groups in total. The third-order valence-electron chi connectivity index (χ3n) is 3.58. The average molecular weight is 444 g/mol. The lowest BCUT2D eigenvalue weighted by atomic mass is 10.1. The van der Waals surface area contributed by atoms with Gasteiger partial charge in [0.15, 0.2) is 11.7 Å². The number of hydrogen-bond donors (Lipinski definition) is 3. The van der Waals surface area contributed by atoms with Crippen LogP contribution in [0.2, 0.25) is 0 Å². The number of rotatable bonds is 6. The van der Waals surface area contributed by atoms with E-state index in [9.17, 15) is 31.9 Å². The van der Waals surface area contributed by atoms with Gasteiger partial charge < -0.3 is 20.8 Å². The van der Waals surface area contributed by atoms with E-state index in [1.807, 2.05) is 0 Å². The fourth-order valence-corrected chi connectivity index (χ4v) is 2.27. The summed E-state index contributed by atoms with van der Waals surface area (Å²) in [6, 6.07) is 3.17. The fourth-order valence-electron chi connectivity index (χ4n) is 2.27. The first-order chi connectivity index (χ1) is 14.6. The minimum Gasteiger partial charge on any atom is -0.465 e. The second-order valence-electron chi connectivity index (χ2n) is 5.73. The van der Waals surface area contributed by atoms with E-state index in [2.05, 4.69) is 20.0 Å². The molecule has 0 unspecified atom stereocenters. The van der Waals surface area contributed by atoms with Gasteiger partial charge in [-0.15, -0.1) is 0 Å². The smallest absolute Gasteiger partial charge is 0.419 e. The van der Waals surface area contributed by atoms with Gasteiger partial charge in [-0.2, -0.15) is 13.2 Å². The summed E-state index contributed by atoms with van der Waals surface area (Å²) in [7, 11) is 1.71. The highest BCUT2D eigenvalue weighted by Gasteiger charge is 2.34. The summed E-state index contributed by atoms with van der Waals surface area (Å²) >= 11 is 0. The van der Waals surface area contributed by atoms with Gasteiger partial charge in [-0.1, -0.05) is 0 Å². The zero-order chi connectivity index (χ0) is 23.6. The molecule has 2 aromatic rings. The summed E-state index contributed by atoms with van der Waals surface area (Å²) in [5, 5.41) is 2.68. The molecule has 1 heterocycles. The van der Waals surface area contributed by atoms with Crippen LogP contribution in [0.5, 0.6) is 0 Å². The number of esters is 1. The molecular weight excluding hydrogens is 424 g/mol. The Hall–Kier alpha value is -3.54. The molecule has 0 spiro atoms. The molecule has 1 aromatic carbocycles. The molecule has 0 saturated carbocycles. The maximum Gasteiger partial charge on any atom is 0.419 e. The van der Waals surface area contributed by atoms with Crippen LogP contribution in [0.25, 0.3) is 11.3 Å². The fraction of sp³-hybridized carbons (Fsp3) is 0.263. The van der Waals surface area contributed by atoms with Crippen molar-refractivity contribution in [3.63, 3.8) is 0 Å². The largest absolute Gasteiger partial charge is 0.465 e. The van der Waals surface area contributed by atoms with Crippen LogP contribution in [0.3, 0.4) is 0 Å². The maximum absolute atomic E-state index is 13.3. The number of aromatic nitrogens is 1. The second-order valence-corrected chi connectivity index (χ2v) is 5.73. The Morgan fingerprint density at radius 2 is 2.00 bits per heavy atom. The first kappa shape index (κ1) is 25.5. The van der Waals surface area contributed by atoms with Crippen LogP contribution in [-0.2, 0) is 15.7 Å². The predicted octanol–water partition coefficient (Wildman–Crippen LogP) is 2.40. The standard InChI is InChI=1S/C14H9F4N3O2.C5H11NO2/c15-10-2-1-7(3-9(10)14(16,17)18)11-4-12(23)8(5-22)13(21-11)20-6-19;1-3-8-5(7)4-6-2/h1-6H,(H3,19,20,21,23);6H,3-4H2,1-2H3. The van der Waals surface area contributed by atoms with Crippen molar-refractivity contribution in [3.8, 4) is 11.3 Å². The molecule has 0 saturated heterocycles. The van der Waals surface area contributed by atoms with Crippen molar-refractivity contribution in [1.82, 2.24) is 10.3 Å². The Bertz CT molecular complexity index is 995. The van der Waals surface area contributed by atoms with Gasteiger partial charge in [0.2, 0.25) is 0 Å². The SMILES string of the molecule is CCOC(=O)CNC.N/C=N\c1[nH]c(-c2ccc(F)c(C(F)(F)F)c2)cc(=O)c1C=O. The number of halogens is 4. The van der Waals surface area contributed by atoms with Gasteiger partial charge in [-0.25, -0.2) is 9.38 Å². The highest BCUT2D eigenvalue weighted by molar-refractivity contribution is 5.83. The molecule has 168 valence electrons. The van der Waals surface area contributed by atoms with Crippen LogP contribution in [0, 0.1) is 5.82 Å².